The second kappa shape index (κ2) is 6.36. The number of hydrogen-bond donors (Lipinski definition) is 2. The Morgan fingerprint density at radius 3 is 3.00 bits per heavy atom. The van der Waals surface area contributed by atoms with Crippen LogP contribution in [0.4, 0.5) is 0 Å². The lowest BCUT2D eigenvalue weighted by molar-refractivity contribution is -0.141. The number of nitrogens with zero attached hydrogens (tertiary/aromatic N) is 4. The summed E-state index contributed by atoms with van der Waals surface area (Å²) in [6.45, 7) is 1.80. The van der Waals surface area contributed by atoms with Crippen LogP contribution in [0.15, 0.2) is 35.3 Å². The Morgan fingerprint density at radius 1 is 1.46 bits per heavy atom. The Balaban J connectivity index is 1.82. The van der Waals surface area contributed by atoms with Crippen molar-refractivity contribution in [2.45, 2.75) is 13.5 Å². The zero-order chi connectivity index (χ0) is 17.1. The highest BCUT2D eigenvalue weighted by atomic mass is 16.5. The topological polar surface area (TPSA) is 128 Å². The van der Waals surface area contributed by atoms with E-state index in [1.807, 2.05) is 0 Å². The van der Waals surface area contributed by atoms with Gasteiger partial charge in [0, 0.05) is 6.92 Å². The summed E-state index contributed by atoms with van der Waals surface area (Å²) >= 11 is 0. The zero-order valence-corrected chi connectivity index (χ0v) is 12.7. The van der Waals surface area contributed by atoms with Crippen molar-refractivity contribution in [1.82, 2.24) is 19.4 Å². The van der Waals surface area contributed by atoms with Crippen molar-refractivity contribution in [2.75, 3.05) is 12.0 Å². The molecule has 0 spiro atoms. The molecule has 24 heavy (non-hydrogen) atoms. The highest BCUT2D eigenvalue weighted by Gasteiger charge is 2.12. The number of rotatable bonds is 5. The summed E-state index contributed by atoms with van der Waals surface area (Å²) in [5.41, 5.74) is 2.97. The van der Waals surface area contributed by atoms with Gasteiger partial charge in [-0.25, -0.2) is 14.3 Å². The van der Waals surface area contributed by atoms with E-state index in [-0.39, 0.29) is 23.8 Å². The fourth-order valence-electron chi connectivity index (χ4n) is 2.08. The number of fused-ring (bicyclic) bond motifs is 1. The van der Waals surface area contributed by atoms with Gasteiger partial charge in [-0.05, 0) is 12.1 Å². The first-order valence-corrected chi connectivity index (χ1v) is 7.02. The van der Waals surface area contributed by atoms with Crippen molar-refractivity contribution in [3.05, 3.63) is 42.2 Å². The van der Waals surface area contributed by atoms with Gasteiger partial charge in [-0.15, -0.1) is 0 Å². The standard InChI is InChI=1S/C14H14N6O4/c1-9(21)23-6-4-19-13-10(7-17-19)12(15)20(8-16-13)18-14(22)11-3-2-5-24-11/h2-3,5,7-8,15H,4,6H2,1H3,(H,18,22). The van der Waals surface area contributed by atoms with Crippen LogP contribution in [-0.4, -0.2) is 37.9 Å². The van der Waals surface area contributed by atoms with Crippen molar-refractivity contribution in [1.29, 1.82) is 5.41 Å². The quantitative estimate of drug-likeness (QED) is 0.645. The third-order valence-corrected chi connectivity index (χ3v) is 3.18. The first-order chi connectivity index (χ1) is 11.6. The van der Waals surface area contributed by atoms with Gasteiger partial charge in [-0.3, -0.25) is 20.4 Å². The van der Waals surface area contributed by atoms with Crippen LogP contribution in [-0.2, 0) is 16.1 Å². The molecule has 0 aliphatic heterocycles. The van der Waals surface area contributed by atoms with Crippen molar-refractivity contribution >= 4 is 22.9 Å². The van der Waals surface area contributed by atoms with E-state index in [0.29, 0.717) is 17.6 Å². The van der Waals surface area contributed by atoms with E-state index >= 15 is 0 Å². The maximum absolute atomic E-state index is 12.0. The Hall–Kier alpha value is -3.43. The molecule has 0 saturated heterocycles. The van der Waals surface area contributed by atoms with Crippen LogP contribution < -0.4 is 10.9 Å². The number of furan rings is 1. The lowest BCUT2D eigenvalue weighted by Crippen LogP contribution is -2.33. The molecule has 10 nitrogen and oxygen atoms in total. The van der Waals surface area contributed by atoms with Crippen molar-refractivity contribution in [3.8, 4) is 0 Å². The second-order valence-electron chi connectivity index (χ2n) is 4.83. The molecule has 0 radical (unpaired) electrons. The average molecular weight is 330 g/mol. The molecule has 3 heterocycles. The normalized spacial score (nSPS) is 10.7. The zero-order valence-electron chi connectivity index (χ0n) is 12.7. The minimum Gasteiger partial charge on any atom is -0.464 e. The molecule has 124 valence electrons. The Bertz CT molecular complexity index is 940. The first kappa shape index (κ1) is 15.5. The Kier molecular flexibility index (Phi) is 4.10. The van der Waals surface area contributed by atoms with Gasteiger partial charge in [0.1, 0.15) is 12.9 Å². The summed E-state index contributed by atoms with van der Waals surface area (Å²) in [7, 11) is 0. The van der Waals surface area contributed by atoms with Gasteiger partial charge in [-0.1, -0.05) is 0 Å². The molecule has 0 fully saturated rings. The SMILES string of the molecule is CC(=O)OCCn1ncc2c(=N)n(NC(=O)c3ccco3)cnc21. The summed E-state index contributed by atoms with van der Waals surface area (Å²) in [5, 5.41) is 12.7. The van der Waals surface area contributed by atoms with Crippen molar-refractivity contribution in [2.24, 2.45) is 0 Å². The van der Waals surface area contributed by atoms with E-state index in [0.717, 1.165) is 0 Å². The van der Waals surface area contributed by atoms with Crippen LogP contribution in [0.1, 0.15) is 17.5 Å². The number of carbonyl (C=O) groups excluding carboxylic acids is 2. The molecule has 2 N–H and O–H groups in total. The van der Waals surface area contributed by atoms with Crippen LogP contribution in [0.5, 0.6) is 0 Å². The van der Waals surface area contributed by atoms with Gasteiger partial charge < -0.3 is 9.15 Å². The monoisotopic (exact) mass is 330 g/mol. The minimum absolute atomic E-state index is 0.0126. The van der Waals surface area contributed by atoms with E-state index in [9.17, 15) is 9.59 Å². The molecule has 0 atom stereocenters. The number of amides is 1. The molecular formula is C14H14N6O4. The van der Waals surface area contributed by atoms with Gasteiger partial charge >= 0.3 is 11.9 Å². The molecule has 3 rings (SSSR count). The van der Waals surface area contributed by atoms with Crippen LogP contribution in [0, 0.1) is 5.41 Å². The Labute approximate surface area is 135 Å². The molecule has 1 amide bonds. The van der Waals surface area contributed by atoms with Gasteiger partial charge in [0.25, 0.3) is 0 Å². The molecule has 0 unspecified atom stereocenters. The number of esters is 1. The van der Waals surface area contributed by atoms with Gasteiger partial charge in [-0.2, -0.15) is 5.10 Å². The summed E-state index contributed by atoms with van der Waals surface area (Å²) in [6.07, 6.45) is 4.15. The van der Waals surface area contributed by atoms with Crippen LogP contribution in [0.2, 0.25) is 0 Å². The maximum Gasteiger partial charge on any atom is 0.305 e. The number of hydrogen-bond acceptors (Lipinski definition) is 7. The van der Waals surface area contributed by atoms with Crippen molar-refractivity contribution in [3.63, 3.8) is 0 Å². The number of aromatic nitrogens is 4. The van der Waals surface area contributed by atoms with E-state index in [1.165, 1.54) is 41.1 Å². The number of carbonyl (C=O) groups is 2. The fraction of sp³-hybridized carbons (Fsp3) is 0.214. The van der Waals surface area contributed by atoms with E-state index < -0.39 is 5.91 Å². The summed E-state index contributed by atoms with van der Waals surface area (Å²) in [5.74, 6) is -0.750. The van der Waals surface area contributed by atoms with Crippen molar-refractivity contribution < 1.29 is 18.7 Å². The van der Waals surface area contributed by atoms with Crippen LogP contribution in [0.3, 0.4) is 0 Å². The van der Waals surface area contributed by atoms with E-state index in [2.05, 4.69) is 15.5 Å². The first-order valence-electron chi connectivity index (χ1n) is 7.02. The smallest absolute Gasteiger partial charge is 0.305 e. The fourth-order valence-corrected chi connectivity index (χ4v) is 2.08. The molecule has 10 heteroatoms. The van der Waals surface area contributed by atoms with E-state index in [1.54, 1.807) is 6.07 Å². The largest absolute Gasteiger partial charge is 0.464 e. The van der Waals surface area contributed by atoms with E-state index in [4.69, 9.17) is 14.6 Å². The highest BCUT2D eigenvalue weighted by molar-refractivity contribution is 5.97. The molecular weight excluding hydrogens is 316 g/mol. The molecule has 0 bridgehead atoms. The van der Waals surface area contributed by atoms with Gasteiger partial charge in [0.05, 0.1) is 24.4 Å². The molecule has 0 aromatic carbocycles. The summed E-state index contributed by atoms with van der Waals surface area (Å²) < 4.78 is 12.6. The predicted octanol–water partition coefficient (Wildman–Crippen LogP) is 0.252. The molecule has 3 aromatic rings. The third-order valence-electron chi connectivity index (χ3n) is 3.18. The number of nitrogens with one attached hydrogen (secondary N) is 2. The molecule has 0 saturated carbocycles. The molecule has 0 aliphatic rings. The minimum atomic E-state index is -0.498. The third kappa shape index (κ3) is 3.02. The molecule has 3 aromatic heterocycles. The highest BCUT2D eigenvalue weighted by Crippen LogP contribution is 2.05. The number of ether oxygens (including phenoxy) is 1. The average Bonchev–Trinajstić information content (AvgIpc) is 3.20. The lowest BCUT2D eigenvalue weighted by atomic mass is 10.4. The Morgan fingerprint density at radius 2 is 2.29 bits per heavy atom. The van der Waals surface area contributed by atoms with Crippen LogP contribution >= 0.6 is 0 Å². The summed E-state index contributed by atoms with van der Waals surface area (Å²) in [6, 6.07) is 3.11. The van der Waals surface area contributed by atoms with Crippen LogP contribution in [0.25, 0.3) is 11.0 Å². The van der Waals surface area contributed by atoms with Gasteiger partial charge in [0.15, 0.2) is 16.9 Å². The second-order valence-corrected chi connectivity index (χ2v) is 4.83. The maximum atomic E-state index is 12.0. The molecule has 0 aliphatic carbocycles. The van der Waals surface area contributed by atoms with Gasteiger partial charge in [0.2, 0.25) is 0 Å². The summed E-state index contributed by atoms with van der Waals surface area (Å²) in [4.78, 5) is 26.9. The lowest BCUT2D eigenvalue weighted by Gasteiger charge is -2.08. The predicted molar refractivity (Wildman–Crippen MR) is 80.4 cm³/mol.